The second kappa shape index (κ2) is 8.29. The van der Waals surface area contributed by atoms with Crippen molar-refractivity contribution in [2.24, 2.45) is 5.10 Å². The molecule has 2 aromatic carbocycles. The Balaban J connectivity index is 1.66. The summed E-state index contributed by atoms with van der Waals surface area (Å²) in [4.78, 5) is 22.2. The maximum atomic E-state index is 11.8. The molecule has 1 heterocycles. The van der Waals surface area contributed by atoms with E-state index in [-0.39, 0.29) is 18.0 Å². The smallest absolute Gasteiger partial charge is 0.270 e. The van der Waals surface area contributed by atoms with E-state index in [9.17, 15) is 14.9 Å². The minimum absolute atomic E-state index is 0.0887. The highest BCUT2D eigenvalue weighted by atomic mass is 35.5. The lowest BCUT2D eigenvalue weighted by Crippen LogP contribution is -2.19. The molecule has 0 unspecified atom stereocenters. The number of benzene rings is 2. The number of carbonyl (C=O) groups excluding carboxylic acids is 1. The Morgan fingerprint density at radius 1 is 1.19 bits per heavy atom. The molecule has 1 N–H and O–H groups in total. The van der Waals surface area contributed by atoms with Crippen LogP contribution in [0.3, 0.4) is 0 Å². The molecule has 0 radical (unpaired) electrons. The highest BCUT2D eigenvalue weighted by molar-refractivity contribution is 6.33. The van der Waals surface area contributed by atoms with Crippen LogP contribution < -0.4 is 5.43 Å². The number of hydrazone groups is 1. The number of nitro benzene ring substituents is 1. The minimum Gasteiger partial charge on any atom is -0.455 e. The van der Waals surface area contributed by atoms with Gasteiger partial charge in [0.2, 0.25) is 5.91 Å². The van der Waals surface area contributed by atoms with Crippen LogP contribution in [0, 0.1) is 10.1 Å². The first-order valence-electron chi connectivity index (χ1n) is 7.93. The van der Waals surface area contributed by atoms with E-state index in [1.54, 1.807) is 12.1 Å². The number of nitrogens with one attached hydrogen (secondary N) is 1. The predicted molar refractivity (Wildman–Crippen MR) is 102 cm³/mol. The van der Waals surface area contributed by atoms with Crippen LogP contribution in [0.25, 0.3) is 11.3 Å². The molecule has 1 amide bonds. The van der Waals surface area contributed by atoms with Gasteiger partial charge in [0, 0.05) is 17.7 Å². The number of nitro groups is 1. The molecule has 0 aliphatic rings. The van der Waals surface area contributed by atoms with Gasteiger partial charge in [0.15, 0.2) is 0 Å². The van der Waals surface area contributed by atoms with E-state index in [2.05, 4.69) is 10.5 Å². The molecule has 0 aliphatic heterocycles. The van der Waals surface area contributed by atoms with E-state index in [1.807, 2.05) is 30.3 Å². The van der Waals surface area contributed by atoms with Gasteiger partial charge >= 0.3 is 0 Å². The highest BCUT2D eigenvalue weighted by Crippen LogP contribution is 2.32. The number of halogens is 1. The summed E-state index contributed by atoms with van der Waals surface area (Å²) in [5, 5.41) is 15.1. The Morgan fingerprint density at radius 2 is 1.96 bits per heavy atom. The van der Waals surface area contributed by atoms with Crippen molar-refractivity contribution < 1.29 is 14.1 Å². The van der Waals surface area contributed by atoms with Crippen LogP contribution in [0.2, 0.25) is 5.02 Å². The van der Waals surface area contributed by atoms with Crippen LogP contribution in [0.1, 0.15) is 11.3 Å². The van der Waals surface area contributed by atoms with Crippen molar-refractivity contribution in [2.45, 2.75) is 6.42 Å². The van der Waals surface area contributed by atoms with E-state index >= 15 is 0 Å². The third-order valence-electron chi connectivity index (χ3n) is 3.64. The summed E-state index contributed by atoms with van der Waals surface area (Å²) in [5.74, 6) is 0.472. The van der Waals surface area contributed by atoms with Crippen LogP contribution in [0.15, 0.2) is 70.2 Å². The van der Waals surface area contributed by atoms with Gasteiger partial charge in [0.05, 0.1) is 22.6 Å². The van der Waals surface area contributed by atoms with Gasteiger partial charge in [-0.3, -0.25) is 14.9 Å². The molecule has 0 aliphatic carbocycles. The molecule has 0 atom stereocenters. The van der Waals surface area contributed by atoms with Gasteiger partial charge < -0.3 is 4.42 Å². The zero-order valence-corrected chi connectivity index (χ0v) is 14.7. The monoisotopic (exact) mass is 383 g/mol. The summed E-state index contributed by atoms with van der Waals surface area (Å²) < 4.78 is 5.58. The van der Waals surface area contributed by atoms with Crippen LogP contribution in [0.5, 0.6) is 0 Å². The number of hydrogen-bond donors (Lipinski definition) is 1. The molecule has 3 rings (SSSR count). The standard InChI is InChI=1S/C19H14ClN3O4/c20-17-8-6-14(23(25)26)11-16(17)18-9-7-15(27-18)12-21-22-19(24)10-13-4-2-1-3-5-13/h1-9,11-12H,10H2,(H,22,24). The fourth-order valence-corrected chi connectivity index (χ4v) is 2.58. The number of furan rings is 1. The Kier molecular flexibility index (Phi) is 5.63. The summed E-state index contributed by atoms with van der Waals surface area (Å²) in [7, 11) is 0. The molecular weight excluding hydrogens is 370 g/mol. The zero-order chi connectivity index (χ0) is 19.2. The average Bonchev–Trinajstić information content (AvgIpc) is 3.11. The summed E-state index contributed by atoms with van der Waals surface area (Å²) in [6.07, 6.45) is 1.56. The van der Waals surface area contributed by atoms with Crippen molar-refractivity contribution >= 4 is 29.4 Å². The van der Waals surface area contributed by atoms with Crippen LogP contribution >= 0.6 is 11.6 Å². The Morgan fingerprint density at radius 3 is 2.70 bits per heavy atom. The van der Waals surface area contributed by atoms with Crippen LogP contribution in [-0.4, -0.2) is 17.0 Å². The maximum Gasteiger partial charge on any atom is 0.270 e. The van der Waals surface area contributed by atoms with Gasteiger partial charge in [-0.1, -0.05) is 41.9 Å². The molecule has 0 saturated carbocycles. The second-order valence-electron chi connectivity index (χ2n) is 5.58. The van der Waals surface area contributed by atoms with Gasteiger partial charge in [-0.05, 0) is 23.8 Å². The first-order chi connectivity index (χ1) is 13.0. The van der Waals surface area contributed by atoms with Crippen molar-refractivity contribution in [3.63, 3.8) is 0 Å². The van der Waals surface area contributed by atoms with Crippen molar-refractivity contribution in [3.05, 3.63) is 87.1 Å². The average molecular weight is 384 g/mol. The molecule has 136 valence electrons. The van der Waals surface area contributed by atoms with E-state index in [1.165, 1.54) is 24.4 Å². The number of carbonyl (C=O) groups is 1. The largest absolute Gasteiger partial charge is 0.455 e. The van der Waals surface area contributed by atoms with Gasteiger partial charge in [0.25, 0.3) is 5.69 Å². The van der Waals surface area contributed by atoms with E-state index in [0.29, 0.717) is 22.1 Å². The lowest BCUT2D eigenvalue weighted by atomic mass is 10.1. The van der Waals surface area contributed by atoms with E-state index < -0.39 is 4.92 Å². The fourth-order valence-electron chi connectivity index (χ4n) is 2.37. The first-order valence-corrected chi connectivity index (χ1v) is 8.31. The molecule has 0 saturated heterocycles. The van der Waals surface area contributed by atoms with E-state index in [4.69, 9.17) is 16.0 Å². The van der Waals surface area contributed by atoms with Crippen molar-refractivity contribution in [1.29, 1.82) is 0 Å². The topological polar surface area (TPSA) is 97.7 Å². The molecule has 0 spiro atoms. The maximum absolute atomic E-state index is 11.8. The Bertz CT molecular complexity index is 999. The molecule has 0 fully saturated rings. The molecule has 7 nitrogen and oxygen atoms in total. The molecular formula is C19H14ClN3O4. The number of rotatable bonds is 6. The molecule has 0 bridgehead atoms. The Labute approximate surface area is 159 Å². The summed E-state index contributed by atoms with van der Waals surface area (Å²) >= 11 is 6.09. The fraction of sp³-hybridized carbons (Fsp3) is 0.0526. The summed E-state index contributed by atoms with van der Waals surface area (Å²) in [6, 6.07) is 16.6. The van der Waals surface area contributed by atoms with Crippen molar-refractivity contribution in [3.8, 4) is 11.3 Å². The third kappa shape index (κ3) is 4.80. The molecule has 1 aromatic heterocycles. The summed E-state index contributed by atoms with van der Waals surface area (Å²) in [6.45, 7) is 0. The quantitative estimate of drug-likeness (QED) is 0.391. The number of nitrogens with zero attached hydrogens (tertiary/aromatic N) is 2. The second-order valence-corrected chi connectivity index (χ2v) is 5.99. The Hall–Kier alpha value is -3.45. The predicted octanol–water partition coefficient (Wildman–Crippen LogP) is 4.20. The SMILES string of the molecule is O=C(Cc1ccccc1)NN=Cc1ccc(-c2cc([N+](=O)[O-])ccc2Cl)o1. The number of amides is 1. The lowest BCUT2D eigenvalue weighted by molar-refractivity contribution is -0.384. The van der Waals surface area contributed by atoms with Crippen molar-refractivity contribution in [1.82, 2.24) is 5.43 Å². The van der Waals surface area contributed by atoms with Gasteiger partial charge in [-0.15, -0.1) is 0 Å². The number of non-ortho nitro benzene ring substituents is 1. The summed E-state index contributed by atoms with van der Waals surface area (Å²) in [5.41, 5.74) is 3.61. The van der Waals surface area contributed by atoms with Gasteiger partial charge in [-0.2, -0.15) is 5.10 Å². The molecule has 8 heteroatoms. The molecule has 27 heavy (non-hydrogen) atoms. The van der Waals surface area contributed by atoms with E-state index in [0.717, 1.165) is 5.56 Å². The lowest BCUT2D eigenvalue weighted by Gasteiger charge is -2.01. The first kappa shape index (κ1) is 18.3. The third-order valence-corrected chi connectivity index (χ3v) is 3.97. The normalized spacial score (nSPS) is 10.9. The minimum atomic E-state index is -0.507. The highest BCUT2D eigenvalue weighted by Gasteiger charge is 2.14. The van der Waals surface area contributed by atoms with Crippen molar-refractivity contribution in [2.75, 3.05) is 0 Å². The van der Waals surface area contributed by atoms with Gasteiger partial charge in [0.1, 0.15) is 11.5 Å². The van der Waals surface area contributed by atoms with Crippen LogP contribution in [0.4, 0.5) is 5.69 Å². The molecule has 3 aromatic rings. The van der Waals surface area contributed by atoms with Gasteiger partial charge in [-0.25, -0.2) is 5.43 Å². The zero-order valence-electron chi connectivity index (χ0n) is 14.0. The number of hydrogen-bond acceptors (Lipinski definition) is 5. The van der Waals surface area contributed by atoms with Crippen LogP contribution in [-0.2, 0) is 11.2 Å².